The van der Waals surface area contributed by atoms with Crippen LogP contribution in [0.15, 0.2) is 29.3 Å². The maximum Gasteiger partial charge on any atom is 0.154 e. The van der Waals surface area contributed by atoms with Gasteiger partial charge in [0.2, 0.25) is 0 Å². The highest BCUT2D eigenvalue weighted by molar-refractivity contribution is 7.99. The van der Waals surface area contributed by atoms with Gasteiger partial charge in [-0.2, -0.15) is 0 Å². The largest absolute Gasteiger partial charge is 0.253 e. The van der Waals surface area contributed by atoms with E-state index < -0.39 is 0 Å². The molecular weight excluding hydrogens is 254 g/mol. The maximum absolute atomic E-state index is 5.87. The van der Waals surface area contributed by atoms with Gasteiger partial charge in [-0.15, -0.1) is 22.0 Å². The van der Waals surface area contributed by atoms with Crippen molar-refractivity contribution in [1.29, 1.82) is 0 Å². The lowest BCUT2D eigenvalue weighted by Crippen LogP contribution is -1.94. The highest BCUT2D eigenvalue weighted by atomic mass is 35.5. The van der Waals surface area contributed by atoms with Crippen LogP contribution in [-0.4, -0.2) is 20.9 Å². The molecule has 2 aromatic rings. The number of hydrogen-bond donors (Lipinski definition) is 0. The molecule has 2 heterocycles. The molecule has 0 aromatic carbocycles. The van der Waals surface area contributed by atoms with E-state index in [4.69, 9.17) is 11.6 Å². The summed E-state index contributed by atoms with van der Waals surface area (Å²) in [5, 5.41) is 8.46. The Hall–Kier alpha value is -1.13. The standard InChI is InChI=1S/C12H12ClN3S/c1-3-17-10-5-4-6-14-11(10)9-7-8(2)12(13)16-15-9/h4-7H,3H2,1-2H3. The van der Waals surface area contributed by atoms with Crippen LogP contribution < -0.4 is 0 Å². The summed E-state index contributed by atoms with van der Waals surface area (Å²) in [4.78, 5) is 5.49. The van der Waals surface area contributed by atoms with Crippen molar-refractivity contribution in [3.05, 3.63) is 35.1 Å². The van der Waals surface area contributed by atoms with Crippen LogP contribution in [0.3, 0.4) is 0 Å². The normalized spacial score (nSPS) is 10.5. The molecule has 0 fully saturated rings. The van der Waals surface area contributed by atoms with Gasteiger partial charge < -0.3 is 0 Å². The van der Waals surface area contributed by atoms with Crippen molar-refractivity contribution < 1.29 is 0 Å². The molecule has 2 rings (SSSR count). The van der Waals surface area contributed by atoms with Crippen molar-refractivity contribution >= 4 is 23.4 Å². The van der Waals surface area contributed by atoms with E-state index in [1.807, 2.05) is 25.1 Å². The van der Waals surface area contributed by atoms with E-state index in [9.17, 15) is 0 Å². The Morgan fingerprint density at radius 2 is 2.18 bits per heavy atom. The summed E-state index contributed by atoms with van der Waals surface area (Å²) in [6, 6.07) is 5.89. The third-order valence-corrected chi connectivity index (χ3v) is 3.54. The van der Waals surface area contributed by atoms with Gasteiger partial charge in [-0.3, -0.25) is 4.98 Å². The molecule has 5 heteroatoms. The lowest BCUT2D eigenvalue weighted by molar-refractivity contribution is 1.01. The zero-order valence-electron chi connectivity index (χ0n) is 9.64. The fourth-order valence-electron chi connectivity index (χ4n) is 1.44. The van der Waals surface area contributed by atoms with Gasteiger partial charge in [0, 0.05) is 11.1 Å². The van der Waals surface area contributed by atoms with Gasteiger partial charge in [-0.1, -0.05) is 18.5 Å². The Morgan fingerprint density at radius 3 is 2.88 bits per heavy atom. The second kappa shape index (κ2) is 5.47. The van der Waals surface area contributed by atoms with Gasteiger partial charge in [0.05, 0.1) is 0 Å². The Morgan fingerprint density at radius 1 is 1.35 bits per heavy atom. The molecule has 0 atom stereocenters. The molecule has 0 spiro atoms. The quantitative estimate of drug-likeness (QED) is 0.795. The molecule has 0 bridgehead atoms. The van der Waals surface area contributed by atoms with E-state index >= 15 is 0 Å². The number of thioether (sulfide) groups is 1. The number of aryl methyl sites for hydroxylation is 1. The highest BCUT2D eigenvalue weighted by Gasteiger charge is 2.09. The first-order valence-corrected chi connectivity index (χ1v) is 6.66. The average Bonchev–Trinajstić information content (AvgIpc) is 2.34. The first-order valence-electron chi connectivity index (χ1n) is 5.30. The fraction of sp³-hybridized carbons (Fsp3) is 0.250. The topological polar surface area (TPSA) is 38.7 Å². The molecule has 0 N–H and O–H groups in total. The van der Waals surface area contributed by atoms with Gasteiger partial charge in [0.1, 0.15) is 11.4 Å². The van der Waals surface area contributed by atoms with Crippen molar-refractivity contribution in [2.45, 2.75) is 18.7 Å². The molecule has 2 aromatic heterocycles. The van der Waals surface area contributed by atoms with Crippen LogP contribution in [0.1, 0.15) is 12.5 Å². The fourth-order valence-corrected chi connectivity index (χ4v) is 2.31. The summed E-state index contributed by atoms with van der Waals surface area (Å²) in [6.07, 6.45) is 1.76. The van der Waals surface area contributed by atoms with Crippen LogP contribution >= 0.6 is 23.4 Å². The van der Waals surface area contributed by atoms with Crippen LogP contribution in [0.4, 0.5) is 0 Å². The minimum absolute atomic E-state index is 0.439. The van der Waals surface area contributed by atoms with E-state index in [-0.39, 0.29) is 0 Å². The van der Waals surface area contributed by atoms with Crippen LogP contribution in [-0.2, 0) is 0 Å². The molecule has 0 saturated heterocycles. The van der Waals surface area contributed by atoms with Crippen LogP contribution in [0.2, 0.25) is 5.15 Å². The van der Waals surface area contributed by atoms with E-state index in [1.165, 1.54) is 0 Å². The molecule has 0 amide bonds. The number of aromatic nitrogens is 3. The summed E-state index contributed by atoms with van der Waals surface area (Å²) in [5.41, 5.74) is 2.55. The van der Waals surface area contributed by atoms with Gasteiger partial charge >= 0.3 is 0 Å². The van der Waals surface area contributed by atoms with Crippen molar-refractivity contribution in [3.63, 3.8) is 0 Å². The van der Waals surface area contributed by atoms with Crippen molar-refractivity contribution in [3.8, 4) is 11.4 Å². The zero-order chi connectivity index (χ0) is 12.3. The summed E-state index contributed by atoms with van der Waals surface area (Å²) < 4.78 is 0. The number of halogens is 1. The molecule has 0 aliphatic rings. The van der Waals surface area contributed by atoms with Crippen LogP contribution in [0.5, 0.6) is 0 Å². The first kappa shape index (κ1) is 12.3. The zero-order valence-corrected chi connectivity index (χ0v) is 11.2. The molecule has 17 heavy (non-hydrogen) atoms. The summed E-state index contributed by atoms with van der Waals surface area (Å²) >= 11 is 7.61. The van der Waals surface area contributed by atoms with Crippen LogP contribution in [0.25, 0.3) is 11.4 Å². The maximum atomic E-state index is 5.87. The second-order valence-electron chi connectivity index (χ2n) is 3.49. The van der Waals surface area contributed by atoms with E-state index in [1.54, 1.807) is 18.0 Å². The lowest BCUT2D eigenvalue weighted by atomic mass is 10.2. The molecular formula is C12H12ClN3S. The van der Waals surface area contributed by atoms with E-state index in [2.05, 4.69) is 22.1 Å². The Balaban J connectivity index is 2.48. The minimum Gasteiger partial charge on any atom is -0.253 e. The van der Waals surface area contributed by atoms with E-state index in [0.717, 1.165) is 27.6 Å². The first-order chi connectivity index (χ1) is 8.22. The number of nitrogens with zero attached hydrogens (tertiary/aromatic N) is 3. The third kappa shape index (κ3) is 2.76. The molecule has 88 valence electrons. The minimum atomic E-state index is 0.439. The predicted octanol–water partition coefficient (Wildman–Crippen LogP) is 3.61. The lowest BCUT2D eigenvalue weighted by Gasteiger charge is -2.06. The predicted molar refractivity (Wildman–Crippen MR) is 71.4 cm³/mol. The molecule has 0 radical (unpaired) electrons. The summed E-state index contributed by atoms with van der Waals surface area (Å²) in [5.74, 6) is 0.999. The smallest absolute Gasteiger partial charge is 0.154 e. The highest BCUT2D eigenvalue weighted by Crippen LogP contribution is 2.28. The molecule has 0 unspecified atom stereocenters. The second-order valence-corrected chi connectivity index (χ2v) is 5.15. The summed E-state index contributed by atoms with van der Waals surface area (Å²) in [7, 11) is 0. The monoisotopic (exact) mass is 265 g/mol. The molecule has 0 aliphatic carbocycles. The van der Waals surface area contributed by atoms with Gasteiger partial charge in [-0.25, -0.2) is 0 Å². The average molecular weight is 266 g/mol. The number of pyridine rings is 1. The Bertz CT molecular complexity index is 531. The van der Waals surface area contributed by atoms with Crippen molar-refractivity contribution in [2.24, 2.45) is 0 Å². The van der Waals surface area contributed by atoms with Crippen LogP contribution in [0, 0.1) is 6.92 Å². The van der Waals surface area contributed by atoms with Crippen molar-refractivity contribution in [2.75, 3.05) is 5.75 Å². The van der Waals surface area contributed by atoms with Gasteiger partial charge in [0.25, 0.3) is 0 Å². The SMILES string of the molecule is CCSc1cccnc1-c1cc(C)c(Cl)nn1. The van der Waals surface area contributed by atoms with Gasteiger partial charge in [0.15, 0.2) is 5.15 Å². The summed E-state index contributed by atoms with van der Waals surface area (Å²) in [6.45, 7) is 4.02. The Kier molecular flexibility index (Phi) is 3.97. The number of hydrogen-bond acceptors (Lipinski definition) is 4. The molecule has 0 aliphatic heterocycles. The van der Waals surface area contributed by atoms with E-state index in [0.29, 0.717) is 5.15 Å². The Labute approximate surface area is 110 Å². The molecule has 3 nitrogen and oxygen atoms in total. The third-order valence-electron chi connectivity index (χ3n) is 2.24. The van der Waals surface area contributed by atoms with Crippen molar-refractivity contribution in [1.82, 2.24) is 15.2 Å². The van der Waals surface area contributed by atoms with Gasteiger partial charge in [-0.05, 0) is 36.4 Å². The molecule has 0 saturated carbocycles. The number of rotatable bonds is 3.